The Hall–Kier alpha value is -1.26. The number of rotatable bonds is 2. The number of likely N-dealkylation sites (tertiary alicyclic amines) is 2. The van der Waals surface area contributed by atoms with E-state index in [-0.39, 0.29) is 11.9 Å². The van der Waals surface area contributed by atoms with Gasteiger partial charge in [0, 0.05) is 25.7 Å². The van der Waals surface area contributed by atoms with Gasteiger partial charge in [-0.15, -0.1) is 0 Å². The number of urea groups is 1. The molecule has 2 amide bonds. The van der Waals surface area contributed by atoms with Gasteiger partial charge in [-0.05, 0) is 37.5 Å². The average Bonchev–Trinajstić information content (AvgIpc) is 3.17. The van der Waals surface area contributed by atoms with Crippen molar-refractivity contribution in [3.05, 3.63) is 0 Å². The Labute approximate surface area is 126 Å². The standard InChI is InChI=1S/C16H26N2O3/c1-11-9-17(10-13(11)15(19)20)16(21)18-8-4-7-14(18)12-5-2-3-6-12/h11-14H,2-10H2,1H3,(H,19,20)/t11-,13-,14?/m1/s1. The quantitative estimate of drug-likeness (QED) is 0.851. The van der Waals surface area contributed by atoms with Crippen molar-refractivity contribution in [2.75, 3.05) is 19.6 Å². The highest BCUT2D eigenvalue weighted by Gasteiger charge is 2.42. The molecule has 2 saturated heterocycles. The second-order valence-corrected chi connectivity index (χ2v) is 7.06. The Balaban J connectivity index is 1.66. The molecule has 3 fully saturated rings. The zero-order chi connectivity index (χ0) is 15.0. The van der Waals surface area contributed by atoms with Gasteiger partial charge in [0.05, 0.1) is 5.92 Å². The molecule has 2 heterocycles. The van der Waals surface area contributed by atoms with E-state index in [0.29, 0.717) is 25.0 Å². The van der Waals surface area contributed by atoms with Crippen LogP contribution in [0.2, 0.25) is 0 Å². The van der Waals surface area contributed by atoms with E-state index in [2.05, 4.69) is 0 Å². The van der Waals surface area contributed by atoms with E-state index in [1.54, 1.807) is 4.90 Å². The SMILES string of the molecule is C[C@@H]1CN(C(=O)N2CCCC2C2CCCC2)C[C@H]1C(=O)O. The van der Waals surface area contributed by atoms with Gasteiger partial charge in [-0.2, -0.15) is 0 Å². The average molecular weight is 294 g/mol. The van der Waals surface area contributed by atoms with Crippen LogP contribution in [-0.2, 0) is 4.79 Å². The summed E-state index contributed by atoms with van der Waals surface area (Å²) in [6.07, 6.45) is 7.32. The van der Waals surface area contributed by atoms with Gasteiger partial charge < -0.3 is 14.9 Å². The highest BCUT2D eigenvalue weighted by molar-refractivity contribution is 5.78. The molecule has 1 aliphatic carbocycles. The number of aliphatic carboxylic acids is 1. The summed E-state index contributed by atoms with van der Waals surface area (Å²) in [5.74, 6) is -0.446. The van der Waals surface area contributed by atoms with E-state index in [1.807, 2.05) is 11.8 Å². The third-order valence-corrected chi connectivity index (χ3v) is 5.69. The Morgan fingerprint density at radius 3 is 2.38 bits per heavy atom. The van der Waals surface area contributed by atoms with Crippen LogP contribution in [0, 0.1) is 17.8 Å². The summed E-state index contributed by atoms with van der Waals surface area (Å²) in [7, 11) is 0. The topological polar surface area (TPSA) is 60.9 Å². The molecule has 0 aromatic heterocycles. The molecule has 0 aromatic rings. The van der Waals surface area contributed by atoms with Gasteiger partial charge in [0.15, 0.2) is 0 Å². The number of amides is 2. The Morgan fingerprint density at radius 1 is 1.05 bits per heavy atom. The third-order valence-electron chi connectivity index (χ3n) is 5.69. The van der Waals surface area contributed by atoms with E-state index in [1.165, 1.54) is 25.7 Å². The Bertz CT molecular complexity index is 420. The lowest BCUT2D eigenvalue weighted by Gasteiger charge is -2.32. The fraction of sp³-hybridized carbons (Fsp3) is 0.875. The summed E-state index contributed by atoms with van der Waals surface area (Å²) < 4.78 is 0. The minimum atomic E-state index is -0.772. The van der Waals surface area contributed by atoms with Gasteiger partial charge in [-0.25, -0.2) is 4.79 Å². The largest absolute Gasteiger partial charge is 0.481 e. The lowest BCUT2D eigenvalue weighted by Crippen LogP contribution is -2.46. The summed E-state index contributed by atoms with van der Waals surface area (Å²) in [6, 6.07) is 0.485. The first-order chi connectivity index (χ1) is 10.1. The minimum Gasteiger partial charge on any atom is -0.481 e. The van der Waals surface area contributed by atoms with E-state index in [4.69, 9.17) is 0 Å². The van der Waals surface area contributed by atoms with E-state index >= 15 is 0 Å². The number of nitrogens with zero attached hydrogens (tertiary/aromatic N) is 2. The van der Waals surface area contributed by atoms with Crippen molar-refractivity contribution in [3.8, 4) is 0 Å². The molecule has 1 saturated carbocycles. The number of hydrogen-bond donors (Lipinski definition) is 1. The monoisotopic (exact) mass is 294 g/mol. The van der Waals surface area contributed by atoms with Gasteiger partial charge in [0.2, 0.25) is 0 Å². The van der Waals surface area contributed by atoms with Crippen LogP contribution in [0.25, 0.3) is 0 Å². The van der Waals surface area contributed by atoms with Crippen molar-refractivity contribution >= 4 is 12.0 Å². The van der Waals surface area contributed by atoms with Crippen molar-refractivity contribution in [1.29, 1.82) is 0 Å². The summed E-state index contributed by atoms with van der Waals surface area (Å²) in [5, 5.41) is 9.22. The summed E-state index contributed by atoms with van der Waals surface area (Å²) in [5.41, 5.74) is 0. The molecule has 0 bridgehead atoms. The van der Waals surface area contributed by atoms with Crippen LogP contribution < -0.4 is 0 Å². The number of hydrogen-bond acceptors (Lipinski definition) is 2. The number of carbonyl (C=O) groups excluding carboxylic acids is 1. The molecule has 0 aromatic carbocycles. The molecule has 2 aliphatic heterocycles. The molecule has 3 atom stereocenters. The van der Waals surface area contributed by atoms with Gasteiger partial charge in [-0.1, -0.05) is 19.8 Å². The predicted octanol–water partition coefficient (Wildman–Crippen LogP) is 2.41. The lowest BCUT2D eigenvalue weighted by atomic mass is 9.96. The van der Waals surface area contributed by atoms with Gasteiger partial charge in [0.25, 0.3) is 0 Å². The zero-order valence-corrected chi connectivity index (χ0v) is 12.8. The van der Waals surface area contributed by atoms with Crippen molar-refractivity contribution in [2.45, 2.75) is 51.5 Å². The van der Waals surface area contributed by atoms with Crippen LogP contribution >= 0.6 is 0 Å². The zero-order valence-electron chi connectivity index (χ0n) is 12.8. The molecule has 3 aliphatic rings. The van der Waals surface area contributed by atoms with E-state index in [9.17, 15) is 14.7 Å². The smallest absolute Gasteiger partial charge is 0.320 e. The highest BCUT2D eigenvalue weighted by Crippen LogP contribution is 2.36. The van der Waals surface area contributed by atoms with Crippen LogP contribution in [0.5, 0.6) is 0 Å². The molecule has 1 N–H and O–H groups in total. The molecular weight excluding hydrogens is 268 g/mol. The number of carbonyl (C=O) groups is 2. The molecule has 0 spiro atoms. The highest BCUT2D eigenvalue weighted by atomic mass is 16.4. The van der Waals surface area contributed by atoms with Crippen molar-refractivity contribution in [1.82, 2.24) is 9.80 Å². The molecule has 1 unspecified atom stereocenters. The summed E-state index contributed by atoms with van der Waals surface area (Å²) in [6.45, 7) is 3.75. The Kier molecular flexibility index (Phi) is 4.09. The van der Waals surface area contributed by atoms with Crippen LogP contribution in [0.4, 0.5) is 4.79 Å². The van der Waals surface area contributed by atoms with E-state index < -0.39 is 11.9 Å². The first-order valence-corrected chi connectivity index (χ1v) is 8.36. The van der Waals surface area contributed by atoms with Crippen molar-refractivity contribution < 1.29 is 14.7 Å². The molecule has 5 heteroatoms. The molecule has 5 nitrogen and oxygen atoms in total. The van der Waals surface area contributed by atoms with Gasteiger partial charge >= 0.3 is 12.0 Å². The maximum atomic E-state index is 12.8. The molecule has 3 rings (SSSR count). The lowest BCUT2D eigenvalue weighted by molar-refractivity contribution is -0.142. The summed E-state index contributed by atoms with van der Waals surface area (Å²) >= 11 is 0. The van der Waals surface area contributed by atoms with Crippen LogP contribution in [0.15, 0.2) is 0 Å². The maximum absolute atomic E-state index is 12.8. The molecular formula is C16H26N2O3. The van der Waals surface area contributed by atoms with Crippen molar-refractivity contribution in [3.63, 3.8) is 0 Å². The Morgan fingerprint density at radius 2 is 1.76 bits per heavy atom. The van der Waals surface area contributed by atoms with Gasteiger partial charge in [0.1, 0.15) is 0 Å². The molecule has 21 heavy (non-hydrogen) atoms. The second kappa shape index (κ2) is 5.85. The normalized spacial score (nSPS) is 33.9. The summed E-state index contributed by atoms with van der Waals surface area (Å²) in [4.78, 5) is 27.8. The third kappa shape index (κ3) is 2.74. The first kappa shape index (κ1) is 14.7. The maximum Gasteiger partial charge on any atom is 0.320 e. The van der Waals surface area contributed by atoms with Crippen LogP contribution in [0.3, 0.4) is 0 Å². The van der Waals surface area contributed by atoms with Gasteiger partial charge in [-0.3, -0.25) is 4.79 Å². The first-order valence-electron chi connectivity index (χ1n) is 8.36. The van der Waals surface area contributed by atoms with Crippen molar-refractivity contribution in [2.24, 2.45) is 17.8 Å². The van der Waals surface area contributed by atoms with E-state index in [0.717, 1.165) is 19.4 Å². The fourth-order valence-electron chi connectivity index (χ4n) is 4.49. The number of carboxylic acid groups (broad SMARTS) is 1. The minimum absolute atomic E-state index is 0.0546. The van der Waals surface area contributed by atoms with Crippen LogP contribution in [0.1, 0.15) is 45.4 Å². The molecule has 118 valence electrons. The van der Waals surface area contributed by atoms with Crippen LogP contribution in [-0.4, -0.2) is 52.6 Å². The molecule has 0 radical (unpaired) electrons. The number of carboxylic acids is 1. The fourth-order valence-corrected chi connectivity index (χ4v) is 4.49. The predicted molar refractivity (Wildman–Crippen MR) is 78.9 cm³/mol. The second-order valence-electron chi connectivity index (χ2n) is 7.06.